The zero-order valence-electron chi connectivity index (χ0n) is 14.9. The van der Waals surface area contributed by atoms with Gasteiger partial charge in [-0.25, -0.2) is 4.52 Å². The lowest BCUT2D eigenvalue weighted by atomic mass is 10.0. The minimum absolute atomic E-state index is 0.120. The number of methoxy groups -OCH3 is 1. The van der Waals surface area contributed by atoms with Crippen molar-refractivity contribution in [3.8, 4) is 45.4 Å². The van der Waals surface area contributed by atoms with E-state index in [1.807, 2.05) is 18.4 Å². The first-order chi connectivity index (χ1) is 13.6. The minimum Gasteiger partial charge on any atom is -0.493 e. The molecule has 8 nitrogen and oxygen atoms in total. The molecule has 0 amide bonds. The molecule has 2 heterocycles. The van der Waals surface area contributed by atoms with Crippen molar-refractivity contribution in [2.75, 3.05) is 20.2 Å². The van der Waals surface area contributed by atoms with Gasteiger partial charge < -0.3 is 18.7 Å². The van der Waals surface area contributed by atoms with E-state index in [-0.39, 0.29) is 6.79 Å². The molecular weight excluding hydrogens is 405 g/mol. The number of fused-ring (bicyclic) bond motifs is 1. The third-order valence-corrected chi connectivity index (χ3v) is 5.27. The zero-order valence-corrected chi connectivity index (χ0v) is 16.6. The smallest absolute Gasteiger partial charge is 0.493 e. The van der Waals surface area contributed by atoms with Crippen molar-refractivity contribution in [1.82, 2.24) is 5.16 Å². The van der Waals surface area contributed by atoms with Crippen LogP contribution in [-0.2, 0) is 4.57 Å². The van der Waals surface area contributed by atoms with Crippen molar-refractivity contribution in [2.45, 2.75) is 4.90 Å². The first-order valence-electron chi connectivity index (χ1n) is 8.06. The second-order valence-electron chi connectivity index (χ2n) is 5.68. The molecule has 0 saturated carbocycles. The summed E-state index contributed by atoms with van der Waals surface area (Å²) < 4.78 is 38.0. The largest absolute Gasteiger partial charge is 0.747 e. The molecule has 10 heteroatoms. The standard InChI is InChI=1S/C18H14NO7PS/c1-22-14-6-11(7-15-18(14)24-9-23-15)17-12(8-19-25-17)10-3-4-16(28-2)13(5-10)26-27(20)21/h3-8H,9H2,1-2H3/p+1. The Bertz CT molecular complexity index is 1050. The average molecular weight is 420 g/mol. The molecule has 4 rings (SSSR count). The summed E-state index contributed by atoms with van der Waals surface area (Å²) in [7, 11) is -1.23. The third-order valence-electron chi connectivity index (χ3n) is 4.14. The molecule has 1 unspecified atom stereocenters. The van der Waals surface area contributed by atoms with Crippen molar-refractivity contribution in [1.29, 1.82) is 0 Å². The Hall–Kier alpha value is -2.74. The van der Waals surface area contributed by atoms with Gasteiger partial charge in [0.2, 0.25) is 18.3 Å². The molecule has 1 N–H and O–H groups in total. The van der Waals surface area contributed by atoms with Gasteiger partial charge in [-0.3, -0.25) is 0 Å². The lowest BCUT2D eigenvalue weighted by Gasteiger charge is -2.08. The summed E-state index contributed by atoms with van der Waals surface area (Å²) in [5, 5.41) is 3.92. The predicted molar refractivity (Wildman–Crippen MR) is 102 cm³/mol. The van der Waals surface area contributed by atoms with Gasteiger partial charge in [0, 0.05) is 15.7 Å². The van der Waals surface area contributed by atoms with Gasteiger partial charge in [-0.1, -0.05) is 11.2 Å². The lowest BCUT2D eigenvalue weighted by Crippen LogP contribution is -1.93. The number of thioether (sulfide) groups is 1. The maximum Gasteiger partial charge on any atom is 0.747 e. The number of benzene rings is 2. The van der Waals surface area contributed by atoms with Crippen molar-refractivity contribution in [3.05, 3.63) is 36.5 Å². The van der Waals surface area contributed by atoms with Crippen LogP contribution in [0.15, 0.2) is 45.9 Å². The maximum absolute atomic E-state index is 11.1. The summed E-state index contributed by atoms with van der Waals surface area (Å²) in [5.41, 5.74) is 2.10. The molecule has 28 heavy (non-hydrogen) atoms. The molecule has 0 fully saturated rings. The highest BCUT2D eigenvalue weighted by atomic mass is 32.2. The van der Waals surface area contributed by atoms with Crippen molar-refractivity contribution in [2.24, 2.45) is 0 Å². The quantitative estimate of drug-likeness (QED) is 0.456. The Kier molecular flexibility index (Phi) is 5.13. The number of hydrogen-bond donors (Lipinski definition) is 1. The zero-order chi connectivity index (χ0) is 19.7. The van der Waals surface area contributed by atoms with E-state index in [4.69, 9.17) is 28.2 Å². The SMILES string of the molecule is COc1cc(-c2oncc2-c2ccc(SC)c(O[P+](=O)O)c2)cc2c1OCO2. The van der Waals surface area contributed by atoms with E-state index in [1.54, 1.807) is 31.5 Å². The molecule has 1 aliphatic heterocycles. The fraction of sp³-hybridized carbons (Fsp3) is 0.167. The Balaban J connectivity index is 1.80. The van der Waals surface area contributed by atoms with Crippen LogP contribution in [0.25, 0.3) is 22.5 Å². The summed E-state index contributed by atoms with van der Waals surface area (Å²) >= 11 is 1.41. The number of ether oxygens (including phenoxy) is 3. The van der Waals surface area contributed by atoms with E-state index in [2.05, 4.69) is 5.16 Å². The first kappa shape index (κ1) is 18.6. The number of rotatable bonds is 6. The molecule has 1 atom stereocenters. The summed E-state index contributed by atoms with van der Waals surface area (Å²) in [5.74, 6) is 2.41. The topological polar surface area (TPSA) is 100 Å². The van der Waals surface area contributed by atoms with Crippen LogP contribution in [0.2, 0.25) is 0 Å². The van der Waals surface area contributed by atoms with Crippen LogP contribution in [0.4, 0.5) is 0 Å². The normalized spacial score (nSPS) is 12.8. The summed E-state index contributed by atoms with van der Waals surface area (Å²) in [6, 6.07) is 8.91. The van der Waals surface area contributed by atoms with Crippen LogP contribution < -0.4 is 18.7 Å². The van der Waals surface area contributed by atoms with Crippen LogP contribution in [0, 0.1) is 0 Å². The molecule has 0 saturated heterocycles. The van der Waals surface area contributed by atoms with Crippen LogP contribution in [0.3, 0.4) is 0 Å². The summed E-state index contributed by atoms with van der Waals surface area (Å²) in [6.07, 6.45) is 3.43. The highest BCUT2D eigenvalue weighted by molar-refractivity contribution is 7.98. The summed E-state index contributed by atoms with van der Waals surface area (Å²) in [4.78, 5) is 9.87. The van der Waals surface area contributed by atoms with Gasteiger partial charge in [-0.05, 0) is 36.1 Å². The van der Waals surface area contributed by atoms with E-state index in [1.165, 1.54) is 11.8 Å². The van der Waals surface area contributed by atoms with E-state index in [0.717, 1.165) is 10.5 Å². The predicted octanol–water partition coefficient (Wildman–Crippen LogP) is 4.50. The molecule has 0 spiro atoms. The molecule has 3 aromatic rings. The van der Waals surface area contributed by atoms with Crippen LogP contribution in [0.5, 0.6) is 23.0 Å². The minimum atomic E-state index is -2.78. The van der Waals surface area contributed by atoms with Gasteiger partial charge in [0.1, 0.15) is 0 Å². The molecule has 0 radical (unpaired) electrons. The van der Waals surface area contributed by atoms with Crippen molar-refractivity contribution in [3.63, 3.8) is 0 Å². The fourth-order valence-electron chi connectivity index (χ4n) is 2.91. The second-order valence-corrected chi connectivity index (χ2v) is 7.18. The third kappa shape index (κ3) is 3.40. The average Bonchev–Trinajstić information content (AvgIpc) is 3.35. The number of nitrogens with zero attached hydrogens (tertiary/aromatic N) is 1. The van der Waals surface area contributed by atoms with Gasteiger partial charge >= 0.3 is 8.25 Å². The molecule has 0 aliphatic carbocycles. The second kappa shape index (κ2) is 7.71. The van der Waals surface area contributed by atoms with Gasteiger partial charge in [0.25, 0.3) is 0 Å². The number of hydrogen-bond acceptors (Lipinski definition) is 8. The summed E-state index contributed by atoms with van der Waals surface area (Å²) in [6.45, 7) is 0.120. The highest BCUT2D eigenvalue weighted by Crippen LogP contribution is 2.46. The van der Waals surface area contributed by atoms with Gasteiger partial charge in [0.15, 0.2) is 17.3 Å². The molecule has 0 bridgehead atoms. The molecule has 1 aromatic heterocycles. The Morgan fingerprint density at radius 2 is 2.00 bits per heavy atom. The van der Waals surface area contributed by atoms with Crippen molar-refractivity contribution < 1.29 is 32.7 Å². The van der Waals surface area contributed by atoms with Crippen LogP contribution >= 0.6 is 20.0 Å². The first-order valence-corrected chi connectivity index (χ1v) is 10.4. The number of aromatic nitrogens is 1. The van der Waals surface area contributed by atoms with Crippen molar-refractivity contribution >= 4 is 20.0 Å². The molecule has 1 aliphatic rings. The molecule has 144 valence electrons. The van der Waals surface area contributed by atoms with E-state index >= 15 is 0 Å². The molecular formula is C18H15NO7PS+. The Labute approximate surface area is 165 Å². The lowest BCUT2D eigenvalue weighted by molar-refractivity contribution is 0.171. The monoisotopic (exact) mass is 420 g/mol. The molecule has 2 aromatic carbocycles. The van der Waals surface area contributed by atoms with E-state index in [9.17, 15) is 4.57 Å². The van der Waals surface area contributed by atoms with E-state index in [0.29, 0.717) is 39.9 Å². The fourth-order valence-corrected chi connectivity index (χ4v) is 3.80. The highest BCUT2D eigenvalue weighted by Gasteiger charge is 2.24. The maximum atomic E-state index is 11.1. The van der Waals surface area contributed by atoms with Gasteiger partial charge in [-0.15, -0.1) is 16.7 Å². The Morgan fingerprint density at radius 1 is 1.18 bits per heavy atom. The van der Waals surface area contributed by atoms with Crippen LogP contribution in [0.1, 0.15) is 0 Å². The van der Waals surface area contributed by atoms with Gasteiger partial charge in [0.05, 0.1) is 18.2 Å². The van der Waals surface area contributed by atoms with Gasteiger partial charge in [-0.2, -0.15) is 0 Å². The van der Waals surface area contributed by atoms with Crippen LogP contribution in [-0.4, -0.2) is 30.2 Å². The van der Waals surface area contributed by atoms with E-state index < -0.39 is 8.25 Å². The Morgan fingerprint density at radius 3 is 2.75 bits per heavy atom.